The molecule has 3 fully saturated rings. The third-order valence-electron chi connectivity index (χ3n) is 7.91. The molecule has 134 valence electrons. The monoisotopic (exact) mass is 340 g/mol. The quantitative estimate of drug-likeness (QED) is 0.601. The van der Waals surface area contributed by atoms with E-state index < -0.39 is 5.92 Å². The van der Waals surface area contributed by atoms with Crippen LogP contribution in [-0.4, -0.2) is 17.9 Å². The van der Waals surface area contributed by atoms with Gasteiger partial charge in [-0.1, -0.05) is 51.1 Å². The van der Waals surface area contributed by atoms with E-state index in [1.54, 1.807) is 0 Å². The van der Waals surface area contributed by atoms with Crippen molar-refractivity contribution in [1.29, 1.82) is 0 Å². The first-order valence-electron chi connectivity index (χ1n) is 9.63. The zero-order valence-corrected chi connectivity index (χ0v) is 15.5. The van der Waals surface area contributed by atoms with E-state index in [0.29, 0.717) is 12.3 Å². The molecule has 3 nitrogen and oxygen atoms in total. The first-order chi connectivity index (χ1) is 11.8. The molecular weight excluding hydrogens is 312 g/mol. The number of benzene rings is 1. The summed E-state index contributed by atoms with van der Waals surface area (Å²) in [5.41, 5.74) is 1.32. The molecule has 5 atom stereocenters. The zero-order valence-electron chi connectivity index (χ0n) is 15.5. The number of rotatable bonds is 3. The highest BCUT2D eigenvalue weighted by molar-refractivity contribution is 6.01. The van der Waals surface area contributed by atoms with E-state index in [1.165, 1.54) is 6.42 Å². The summed E-state index contributed by atoms with van der Waals surface area (Å²) in [6.07, 6.45) is 4.48. The van der Waals surface area contributed by atoms with E-state index in [9.17, 15) is 9.59 Å². The smallest absolute Gasteiger partial charge is 0.317 e. The molecule has 0 amide bonds. The van der Waals surface area contributed by atoms with Gasteiger partial charge in [-0.05, 0) is 42.6 Å². The van der Waals surface area contributed by atoms with E-state index in [-0.39, 0.29) is 34.6 Å². The number of hydrogen-bond donors (Lipinski definition) is 0. The number of fused-ring (bicyclic) bond motifs is 2. The molecule has 0 saturated heterocycles. The summed E-state index contributed by atoms with van der Waals surface area (Å²) in [7, 11) is 0. The summed E-state index contributed by atoms with van der Waals surface area (Å²) < 4.78 is 6.03. The lowest BCUT2D eigenvalue weighted by Gasteiger charge is -2.38. The lowest BCUT2D eigenvalue weighted by atomic mass is 9.70. The fourth-order valence-corrected chi connectivity index (χ4v) is 5.72. The van der Waals surface area contributed by atoms with Gasteiger partial charge in [0.1, 0.15) is 17.8 Å². The zero-order chi connectivity index (χ0) is 17.8. The molecule has 0 spiro atoms. The Morgan fingerprint density at radius 3 is 2.44 bits per heavy atom. The number of carbonyl (C=O) groups is 2. The van der Waals surface area contributed by atoms with Crippen LogP contribution < -0.4 is 0 Å². The highest BCUT2D eigenvalue weighted by Crippen LogP contribution is 2.66. The van der Waals surface area contributed by atoms with Gasteiger partial charge in [-0.25, -0.2) is 0 Å². The molecule has 3 aliphatic rings. The molecule has 3 saturated carbocycles. The minimum atomic E-state index is -0.617. The van der Waals surface area contributed by atoms with Crippen molar-refractivity contribution in [2.75, 3.05) is 0 Å². The fourth-order valence-electron chi connectivity index (χ4n) is 5.72. The molecule has 2 bridgehead atoms. The Balaban J connectivity index is 1.54. The normalized spacial score (nSPS) is 38.9. The second-order valence-corrected chi connectivity index (χ2v) is 9.04. The summed E-state index contributed by atoms with van der Waals surface area (Å²) in [5, 5.41) is 0. The van der Waals surface area contributed by atoms with Crippen molar-refractivity contribution in [2.24, 2.45) is 22.7 Å². The van der Waals surface area contributed by atoms with Crippen LogP contribution in [0.2, 0.25) is 0 Å². The van der Waals surface area contributed by atoms with Crippen molar-refractivity contribution in [3.63, 3.8) is 0 Å². The van der Waals surface area contributed by atoms with Gasteiger partial charge in [0.2, 0.25) is 0 Å². The number of carbonyl (C=O) groups excluding carboxylic acids is 2. The molecule has 0 radical (unpaired) electrons. The van der Waals surface area contributed by atoms with Gasteiger partial charge >= 0.3 is 5.97 Å². The first kappa shape index (κ1) is 16.8. The van der Waals surface area contributed by atoms with Crippen LogP contribution in [-0.2, 0) is 14.3 Å². The predicted molar refractivity (Wildman–Crippen MR) is 96.0 cm³/mol. The maximum Gasteiger partial charge on any atom is 0.317 e. The van der Waals surface area contributed by atoms with Crippen LogP contribution in [0.4, 0.5) is 0 Å². The largest absolute Gasteiger partial charge is 0.461 e. The number of ether oxygens (including phenoxy) is 1. The van der Waals surface area contributed by atoms with Crippen molar-refractivity contribution in [1.82, 2.24) is 0 Å². The molecule has 3 aliphatic carbocycles. The van der Waals surface area contributed by atoms with E-state index in [4.69, 9.17) is 4.74 Å². The van der Waals surface area contributed by atoms with Gasteiger partial charge in [-0.15, -0.1) is 0 Å². The molecule has 0 N–H and O–H groups in total. The summed E-state index contributed by atoms with van der Waals surface area (Å²) in [5.74, 6) is -0.259. The number of esters is 1. The van der Waals surface area contributed by atoms with Crippen molar-refractivity contribution in [3.8, 4) is 0 Å². The molecular formula is C22H28O3. The van der Waals surface area contributed by atoms with Gasteiger partial charge in [0.15, 0.2) is 0 Å². The average molecular weight is 340 g/mol. The van der Waals surface area contributed by atoms with Crippen LogP contribution in [0.3, 0.4) is 0 Å². The van der Waals surface area contributed by atoms with Gasteiger partial charge in [0.25, 0.3) is 0 Å². The second kappa shape index (κ2) is 5.69. The number of Topliss-reactive ketones (excluding diaryl/α,β-unsaturated/α-hetero) is 1. The molecule has 4 rings (SSSR count). The summed E-state index contributed by atoms with van der Waals surface area (Å²) in [4.78, 5) is 25.4. The van der Waals surface area contributed by atoms with Crippen molar-refractivity contribution >= 4 is 11.8 Å². The Bertz CT molecular complexity index is 692. The maximum absolute atomic E-state index is 13.0. The fraction of sp³-hybridized carbons (Fsp3) is 0.636. The minimum absolute atomic E-state index is 0.0272. The van der Waals surface area contributed by atoms with E-state index in [1.807, 2.05) is 30.3 Å². The topological polar surface area (TPSA) is 43.4 Å². The standard InChI is InChI=1S/C22H28O3/c1-21(2)15-11-12-22(21,3)18(13-15)25-20(24)19-16(9-10-17(19)23)14-7-5-4-6-8-14/h4-8,15-16,18-19H,9-13H2,1-3H3/t15-,16+,18+,19?,22+/m0/s1. The molecule has 1 aromatic carbocycles. The van der Waals surface area contributed by atoms with Gasteiger partial charge in [-0.2, -0.15) is 0 Å². The van der Waals surface area contributed by atoms with Crippen molar-refractivity contribution in [3.05, 3.63) is 35.9 Å². The third-order valence-corrected chi connectivity index (χ3v) is 7.91. The SMILES string of the molecule is CC1(C)[C@H]2CC[C@]1(C)[C@H](OC(=O)C1C(=O)CC[C@@H]1c1ccccc1)C2. The Kier molecular flexibility index (Phi) is 3.82. The number of hydrogen-bond acceptors (Lipinski definition) is 3. The molecule has 1 aromatic rings. The molecule has 0 aromatic heterocycles. The average Bonchev–Trinajstić information content (AvgIpc) is 3.14. The third kappa shape index (κ3) is 2.38. The Morgan fingerprint density at radius 2 is 1.84 bits per heavy atom. The lowest BCUT2D eigenvalue weighted by molar-refractivity contribution is -0.163. The molecule has 3 heteroatoms. The summed E-state index contributed by atoms with van der Waals surface area (Å²) in [6.45, 7) is 6.89. The van der Waals surface area contributed by atoms with E-state index in [0.717, 1.165) is 24.8 Å². The van der Waals surface area contributed by atoms with Crippen LogP contribution in [0, 0.1) is 22.7 Å². The lowest BCUT2D eigenvalue weighted by Crippen LogP contribution is -2.40. The second-order valence-electron chi connectivity index (χ2n) is 9.04. The first-order valence-corrected chi connectivity index (χ1v) is 9.63. The van der Waals surface area contributed by atoms with Crippen molar-refractivity contribution < 1.29 is 14.3 Å². The van der Waals surface area contributed by atoms with Crippen molar-refractivity contribution in [2.45, 2.75) is 64.9 Å². The van der Waals surface area contributed by atoms with E-state index >= 15 is 0 Å². The molecule has 25 heavy (non-hydrogen) atoms. The Labute approximate surface area is 150 Å². The minimum Gasteiger partial charge on any atom is -0.461 e. The predicted octanol–water partition coefficient (Wildman–Crippen LogP) is 4.51. The highest BCUT2D eigenvalue weighted by atomic mass is 16.5. The van der Waals surface area contributed by atoms with Crippen LogP contribution in [0.25, 0.3) is 0 Å². The van der Waals surface area contributed by atoms with Crippen LogP contribution in [0.1, 0.15) is 64.4 Å². The molecule has 0 heterocycles. The van der Waals surface area contributed by atoms with Gasteiger partial charge in [0.05, 0.1) is 0 Å². The maximum atomic E-state index is 13.0. The molecule has 0 aliphatic heterocycles. The van der Waals surface area contributed by atoms with Gasteiger partial charge in [0, 0.05) is 17.8 Å². The molecule has 1 unspecified atom stereocenters. The summed E-state index contributed by atoms with van der Waals surface area (Å²) in [6, 6.07) is 9.95. The van der Waals surface area contributed by atoms with Gasteiger partial charge < -0.3 is 4.74 Å². The van der Waals surface area contributed by atoms with Crippen LogP contribution >= 0.6 is 0 Å². The summed E-state index contributed by atoms with van der Waals surface area (Å²) >= 11 is 0. The van der Waals surface area contributed by atoms with Gasteiger partial charge in [-0.3, -0.25) is 9.59 Å². The van der Waals surface area contributed by atoms with E-state index in [2.05, 4.69) is 20.8 Å². The van der Waals surface area contributed by atoms with Crippen LogP contribution in [0.15, 0.2) is 30.3 Å². The van der Waals surface area contributed by atoms with Crippen LogP contribution in [0.5, 0.6) is 0 Å². The Morgan fingerprint density at radius 1 is 1.12 bits per heavy atom. The Hall–Kier alpha value is -1.64. The number of ketones is 1. The highest BCUT2D eigenvalue weighted by Gasteiger charge is 2.63.